The number of aromatic nitrogens is 4. The summed E-state index contributed by atoms with van der Waals surface area (Å²) in [5.41, 5.74) is 1.25. The number of alkyl halides is 1. The molecular weight excluding hydrogens is 443 g/mol. The van der Waals surface area contributed by atoms with Crippen LogP contribution in [0.4, 0.5) is 4.39 Å². The number of allylic oxidation sites excluding steroid dienone is 1. The minimum absolute atomic E-state index is 0.0754. The van der Waals surface area contributed by atoms with Crippen molar-refractivity contribution >= 4 is 22.6 Å². The van der Waals surface area contributed by atoms with E-state index in [4.69, 9.17) is 18.9 Å². The van der Waals surface area contributed by atoms with Gasteiger partial charge in [-0.05, 0) is 36.1 Å². The number of aryl methyl sites for hydroxylation is 1. The fraction of sp³-hybridized carbons (Fsp3) is 0.417. The Kier molecular flexibility index (Phi) is 7.06. The molecule has 0 saturated heterocycles. The number of carbonyl (C=O) groups is 1. The minimum atomic E-state index is -1.02. The van der Waals surface area contributed by atoms with Crippen LogP contribution in [0.5, 0.6) is 11.6 Å². The minimum Gasteiger partial charge on any atom is -0.497 e. The average molecular weight is 471 g/mol. The van der Waals surface area contributed by atoms with Crippen molar-refractivity contribution in [3.8, 4) is 11.6 Å². The van der Waals surface area contributed by atoms with Crippen LogP contribution in [0.15, 0.2) is 36.5 Å². The van der Waals surface area contributed by atoms with Gasteiger partial charge in [0.15, 0.2) is 17.1 Å². The summed E-state index contributed by atoms with van der Waals surface area (Å²) in [6.07, 6.45) is 4.73. The molecule has 0 fully saturated rings. The fourth-order valence-electron chi connectivity index (χ4n) is 3.97. The molecule has 1 unspecified atom stereocenters. The van der Waals surface area contributed by atoms with E-state index in [1.165, 1.54) is 18.9 Å². The van der Waals surface area contributed by atoms with Gasteiger partial charge in [0.2, 0.25) is 5.88 Å². The van der Waals surface area contributed by atoms with Crippen molar-refractivity contribution in [2.75, 3.05) is 28.0 Å². The lowest BCUT2D eigenvalue weighted by Crippen LogP contribution is -2.42. The first-order valence-corrected chi connectivity index (χ1v) is 10.9. The predicted molar refractivity (Wildman–Crippen MR) is 122 cm³/mol. The van der Waals surface area contributed by atoms with Gasteiger partial charge in [-0.1, -0.05) is 18.2 Å². The number of hydrogen-bond donors (Lipinski definition) is 0. The number of fused-ring (bicyclic) bond motifs is 1. The van der Waals surface area contributed by atoms with E-state index in [2.05, 4.69) is 15.1 Å². The number of benzene rings is 1. The second-order valence-corrected chi connectivity index (χ2v) is 7.91. The number of methoxy groups -OCH3 is 3. The van der Waals surface area contributed by atoms with Crippen LogP contribution in [-0.4, -0.2) is 59.3 Å². The Morgan fingerprint density at radius 3 is 2.59 bits per heavy atom. The Morgan fingerprint density at radius 2 is 1.97 bits per heavy atom. The molecule has 0 aliphatic heterocycles. The van der Waals surface area contributed by atoms with Crippen molar-refractivity contribution in [1.29, 1.82) is 0 Å². The lowest BCUT2D eigenvalue weighted by atomic mass is 9.85. The van der Waals surface area contributed by atoms with E-state index in [-0.39, 0.29) is 13.2 Å². The zero-order valence-electron chi connectivity index (χ0n) is 19.4. The number of esters is 1. The Morgan fingerprint density at radius 1 is 1.18 bits per heavy atom. The molecule has 1 aromatic carbocycles. The van der Waals surface area contributed by atoms with Crippen molar-refractivity contribution in [2.45, 2.75) is 38.0 Å². The SMILES string of the molecule is COC(=O)C1(OC)CC=C(c2nc(OCc3ccc(OC)cc3)c3cnn(CCF)c3n2)CC1. The second-order valence-electron chi connectivity index (χ2n) is 7.91. The molecule has 34 heavy (non-hydrogen) atoms. The van der Waals surface area contributed by atoms with Crippen molar-refractivity contribution in [1.82, 2.24) is 19.7 Å². The van der Waals surface area contributed by atoms with Crippen LogP contribution in [0, 0.1) is 0 Å². The van der Waals surface area contributed by atoms with Crippen molar-refractivity contribution < 1.29 is 28.1 Å². The van der Waals surface area contributed by atoms with Crippen molar-refractivity contribution in [2.24, 2.45) is 0 Å². The summed E-state index contributed by atoms with van der Waals surface area (Å²) in [4.78, 5) is 21.6. The van der Waals surface area contributed by atoms with Gasteiger partial charge >= 0.3 is 5.97 Å². The van der Waals surface area contributed by atoms with Gasteiger partial charge in [0, 0.05) is 13.5 Å². The summed E-state index contributed by atoms with van der Waals surface area (Å²) in [6.45, 7) is -0.222. The molecule has 2 aromatic heterocycles. The zero-order chi connectivity index (χ0) is 24.1. The first-order valence-electron chi connectivity index (χ1n) is 10.9. The molecule has 1 atom stereocenters. The van der Waals surface area contributed by atoms with E-state index in [0.717, 1.165) is 16.9 Å². The normalized spacial score (nSPS) is 17.9. The topological polar surface area (TPSA) is 97.6 Å². The van der Waals surface area contributed by atoms with Crippen LogP contribution in [0.2, 0.25) is 0 Å². The third kappa shape index (κ3) is 4.58. The van der Waals surface area contributed by atoms with E-state index in [0.29, 0.717) is 42.0 Å². The molecule has 0 N–H and O–H groups in total. The van der Waals surface area contributed by atoms with Crippen molar-refractivity contribution in [3.05, 3.63) is 47.9 Å². The average Bonchev–Trinajstić information content (AvgIpc) is 3.30. The van der Waals surface area contributed by atoms with E-state index in [1.807, 2.05) is 30.3 Å². The highest BCUT2D eigenvalue weighted by atomic mass is 19.1. The molecule has 10 heteroatoms. The largest absolute Gasteiger partial charge is 0.497 e. The summed E-state index contributed by atoms with van der Waals surface area (Å²) in [5.74, 6) is 1.16. The van der Waals surface area contributed by atoms with Crippen LogP contribution in [0.25, 0.3) is 16.6 Å². The predicted octanol–water partition coefficient (Wildman–Crippen LogP) is 3.51. The van der Waals surface area contributed by atoms with E-state index in [1.54, 1.807) is 13.3 Å². The summed E-state index contributed by atoms with van der Waals surface area (Å²) in [5, 5.41) is 4.86. The maximum atomic E-state index is 13.1. The molecule has 0 spiro atoms. The highest BCUT2D eigenvalue weighted by molar-refractivity contribution is 5.84. The monoisotopic (exact) mass is 470 g/mol. The Balaban J connectivity index is 1.66. The molecule has 2 heterocycles. The van der Waals surface area contributed by atoms with Gasteiger partial charge in [-0.15, -0.1) is 0 Å². The van der Waals surface area contributed by atoms with Gasteiger partial charge in [0.1, 0.15) is 24.4 Å². The molecule has 3 aromatic rings. The van der Waals surface area contributed by atoms with Gasteiger partial charge in [0.25, 0.3) is 0 Å². The first-order chi connectivity index (χ1) is 16.5. The number of carbonyl (C=O) groups excluding carboxylic acids is 1. The molecular formula is C24H27FN4O5. The van der Waals surface area contributed by atoms with E-state index < -0.39 is 18.2 Å². The highest BCUT2D eigenvalue weighted by Crippen LogP contribution is 2.36. The fourth-order valence-corrected chi connectivity index (χ4v) is 3.97. The lowest BCUT2D eigenvalue weighted by Gasteiger charge is -2.32. The number of halogens is 1. The number of hydrogen-bond acceptors (Lipinski definition) is 8. The first kappa shape index (κ1) is 23.6. The van der Waals surface area contributed by atoms with Gasteiger partial charge in [-0.2, -0.15) is 10.1 Å². The van der Waals surface area contributed by atoms with E-state index >= 15 is 0 Å². The second kappa shape index (κ2) is 10.2. The number of nitrogens with zero attached hydrogens (tertiary/aromatic N) is 4. The third-order valence-corrected chi connectivity index (χ3v) is 6.00. The highest BCUT2D eigenvalue weighted by Gasteiger charge is 2.41. The Labute approximate surface area is 196 Å². The van der Waals surface area contributed by atoms with Gasteiger partial charge in [0.05, 0.1) is 27.0 Å². The van der Waals surface area contributed by atoms with Gasteiger partial charge in [-0.25, -0.2) is 18.9 Å². The maximum absolute atomic E-state index is 13.1. The Hall–Kier alpha value is -3.53. The van der Waals surface area contributed by atoms with Crippen LogP contribution >= 0.6 is 0 Å². The van der Waals surface area contributed by atoms with Crippen LogP contribution in [0.1, 0.15) is 30.7 Å². The quantitative estimate of drug-likeness (QED) is 0.438. The van der Waals surface area contributed by atoms with Crippen LogP contribution in [0.3, 0.4) is 0 Å². The molecule has 1 aliphatic rings. The summed E-state index contributed by atoms with van der Waals surface area (Å²) < 4.78 is 36.3. The van der Waals surface area contributed by atoms with Crippen LogP contribution < -0.4 is 9.47 Å². The van der Waals surface area contributed by atoms with Crippen LogP contribution in [-0.2, 0) is 27.4 Å². The molecule has 4 rings (SSSR count). The molecule has 1 aliphatic carbocycles. The van der Waals surface area contributed by atoms with Crippen molar-refractivity contribution in [3.63, 3.8) is 0 Å². The Bertz CT molecular complexity index is 1190. The zero-order valence-corrected chi connectivity index (χ0v) is 19.4. The van der Waals surface area contributed by atoms with E-state index in [9.17, 15) is 9.18 Å². The lowest BCUT2D eigenvalue weighted by molar-refractivity contribution is -0.166. The molecule has 0 saturated carbocycles. The standard InChI is InChI=1S/C24H27FN4O5/c1-31-18-6-4-16(5-7-18)15-34-22-19-14-26-29(13-12-25)21(19)27-20(28-22)17-8-10-24(33-3,11-9-17)23(30)32-2/h4-8,14H,9-13,15H2,1-3H3. The molecule has 0 radical (unpaired) electrons. The smallest absolute Gasteiger partial charge is 0.338 e. The molecule has 0 amide bonds. The third-order valence-electron chi connectivity index (χ3n) is 6.00. The van der Waals surface area contributed by atoms with Gasteiger partial charge < -0.3 is 18.9 Å². The van der Waals surface area contributed by atoms with Gasteiger partial charge in [-0.3, -0.25) is 0 Å². The summed E-state index contributed by atoms with van der Waals surface area (Å²) in [7, 11) is 4.46. The molecule has 0 bridgehead atoms. The maximum Gasteiger partial charge on any atom is 0.338 e. The number of rotatable bonds is 9. The summed E-state index contributed by atoms with van der Waals surface area (Å²) >= 11 is 0. The molecule has 180 valence electrons. The molecule has 9 nitrogen and oxygen atoms in total. The number of ether oxygens (including phenoxy) is 4. The summed E-state index contributed by atoms with van der Waals surface area (Å²) in [6, 6.07) is 7.53.